The van der Waals surface area contributed by atoms with Crippen LogP contribution in [0.2, 0.25) is 0 Å². The van der Waals surface area contributed by atoms with Crippen LogP contribution in [0.15, 0.2) is 46.9 Å². The summed E-state index contributed by atoms with van der Waals surface area (Å²) in [6, 6.07) is 11.1. The molecule has 2 atom stereocenters. The molecule has 12 nitrogen and oxygen atoms in total. The Morgan fingerprint density at radius 1 is 1.16 bits per heavy atom. The van der Waals surface area contributed by atoms with Gasteiger partial charge in [0, 0.05) is 6.26 Å². The Labute approximate surface area is 213 Å². The van der Waals surface area contributed by atoms with Crippen molar-refractivity contribution in [2.24, 2.45) is 0 Å². The van der Waals surface area contributed by atoms with Crippen molar-refractivity contribution >= 4 is 49.3 Å². The topological polar surface area (TPSA) is 181 Å². The van der Waals surface area contributed by atoms with Crippen molar-refractivity contribution in [3.05, 3.63) is 64.8 Å². The molecule has 2 aromatic carbocycles. The lowest BCUT2D eigenvalue weighted by Crippen LogP contribution is -2.45. The van der Waals surface area contributed by atoms with Gasteiger partial charge >= 0.3 is 12.0 Å². The molecule has 4 aromatic rings. The Hall–Kier alpha value is -4.17. The molecule has 3 N–H and O–H groups in total. The number of carboxylic acid groups (broad SMARTS) is 1. The molecule has 3 amide bonds. The highest BCUT2D eigenvalue weighted by molar-refractivity contribution is 7.91. The van der Waals surface area contributed by atoms with Gasteiger partial charge in [-0.25, -0.2) is 23.0 Å². The molecular formula is C23H19N5O7S2. The summed E-state index contributed by atoms with van der Waals surface area (Å²) >= 11 is 1.13. The predicted octanol–water partition coefficient (Wildman–Crippen LogP) is 2.32. The van der Waals surface area contributed by atoms with E-state index in [0.29, 0.717) is 15.8 Å². The minimum Gasteiger partial charge on any atom is -0.478 e. The maximum absolute atomic E-state index is 12.8. The first-order valence-electron chi connectivity index (χ1n) is 10.8. The molecule has 3 heterocycles. The van der Waals surface area contributed by atoms with Gasteiger partial charge < -0.3 is 14.8 Å². The van der Waals surface area contributed by atoms with Crippen LogP contribution >= 0.6 is 11.3 Å². The quantitative estimate of drug-likeness (QED) is 0.294. The first-order valence-corrected chi connectivity index (χ1v) is 13.6. The normalized spacial score (nSPS) is 18.5. The minimum atomic E-state index is -3.81. The highest BCUT2D eigenvalue weighted by atomic mass is 32.2. The molecule has 190 valence electrons. The molecular weight excluding hydrogens is 522 g/mol. The predicted molar refractivity (Wildman–Crippen MR) is 132 cm³/mol. The number of aromatic carboxylic acids is 1. The smallest absolute Gasteiger partial charge is 0.335 e. The van der Waals surface area contributed by atoms with E-state index in [-0.39, 0.29) is 28.8 Å². The summed E-state index contributed by atoms with van der Waals surface area (Å²) in [5.74, 6) is -1.83. The minimum absolute atomic E-state index is 0.0230. The maximum Gasteiger partial charge on any atom is 0.335 e. The number of fused-ring (bicyclic) bond motifs is 1. The molecule has 1 aliphatic rings. The summed E-state index contributed by atoms with van der Waals surface area (Å²) in [5, 5.41) is 20.6. The lowest BCUT2D eigenvalue weighted by Gasteiger charge is -2.17. The van der Waals surface area contributed by atoms with E-state index in [0.717, 1.165) is 23.2 Å². The average Bonchev–Trinajstić information content (AvgIpc) is 3.50. The number of carbonyl (C=O) groups is 3. The largest absolute Gasteiger partial charge is 0.478 e. The average molecular weight is 542 g/mol. The van der Waals surface area contributed by atoms with Crippen molar-refractivity contribution in [2.45, 2.75) is 24.1 Å². The molecule has 1 aliphatic heterocycles. The van der Waals surface area contributed by atoms with Gasteiger partial charge in [-0.2, -0.15) is 0 Å². The number of nitrogens with one attached hydrogen (secondary N) is 2. The third kappa shape index (κ3) is 4.68. The molecule has 14 heteroatoms. The Bertz CT molecular complexity index is 1690. The molecule has 1 fully saturated rings. The maximum atomic E-state index is 12.8. The standard InChI is InChI=1S/C23H19N5O7S2/c1-23(21(31)25-22(32)26-23)10-16-27-28-18(35-16)17(37(2,33)34)19-24-14-7-6-12(9-15(14)36-19)11-4-3-5-13(8-11)20(29)30/h3-9,17H,10H2,1-2H3,(H,29,30)(H2,25,26,31,32). The van der Waals surface area contributed by atoms with Crippen LogP contribution in [0.25, 0.3) is 21.3 Å². The number of sulfone groups is 1. The lowest BCUT2D eigenvalue weighted by molar-refractivity contribution is -0.123. The number of thiazole rings is 1. The second-order valence-corrected chi connectivity index (χ2v) is 12.0. The Morgan fingerprint density at radius 3 is 2.59 bits per heavy atom. The SMILES string of the molecule is CC1(Cc2nnc(C(c3nc4ccc(-c5cccc(C(=O)O)c5)cc4s3)S(C)(=O)=O)o2)NC(=O)NC1=O. The van der Waals surface area contributed by atoms with Crippen LogP contribution in [0, 0.1) is 0 Å². The number of nitrogens with zero attached hydrogens (tertiary/aromatic N) is 3. The van der Waals surface area contributed by atoms with Gasteiger partial charge in [0.05, 0.1) is 22.2 Å². The highest BCUT2D eigenvalue weighted by Crippen LogP contribution is 2.36. The fraction of sp³-hybridized carbons (Fsp3) is 0.217. The van der Waals surface area contributed by atoms with Crippen LogP contribution < -0.4 is 10.6 Å². The molecule has 5 rings (SSSR count). The Morgan fingerprint density at radius 2 is 1.92 bits per heavy atom. The molecule has 37 heavy (non-hydrogen) atoms. The molecule has 0 bridgehead atoms. The third-order valence-corrected chi connectivity index (χ3v) is 8.34. The number of hydrogen-bond acceptors (Lipinski definition) is 10. The van der Waals surface area contributed by atoms with Crippen LogP contribution in [-0.2, 0) is 21.1 Å². The number of imide groups is 1. The van der Waals surface area contributed by atoms with Crippen molar-refractivity contribution in [3.8, 4) is 11.1 Å². The van der Waals surface area contributed by atoms with Crippen molar-refractivity contribution in [3.63, 3.8) is 0 Å². The monoisotopic (exact) mass is 541 g/mol. The van der Waals surface area contributed by atoms with Crippen LogP contribution in [-0.4, -0.2) is 58.4 Å². The van der Waals surface area contributed by atoms with Gasteiger partial charge in [0.2, 0.25) is 11.8 Å². The fourth-order valence-corrected chi connectivity index (χ4v) is 6.52. The van der Waals surface area contributed by atoms with Gasteiger partial charge in [-0.05, 0) is 42.3 Å². The number of urea groups is 1. The van der Waals surface area contributed by atoms with Crippen LogP contribution in [0.1, 0.15) is 39.3 Å². The van der Waals surface area contributed by atoms with Crippen molar-refractivity contribution in [1.82, 2.24) is 25.8 Å². The first kappa shape index (κ1) is 24.5. The summed E-state index contributed by atoms with van der Waals surface area (Å²) in [6.07, 6.45) is 0.898. The van der Waals surface area contributed by atoms with Gasteiger partial charge in [0.15, 0.2) is 15.1 Å². The van der Waals surface area contributed by atoms with Crippen molar-refractivity contribution in [2.75, 3.05) is 6.26 Å². The molecule has 1 saturated heterocycles. The molecule has 2 unspecified atom stereocenters. The number of aromatic nitrogens is 3. The molecule has 0 saturated carbocycles. The van der Waals surface area contributed by atoms with Crippen molar-refractivity contribution < 1.29 is 32.3 Å². The van der Waals surface area contributed by atoms with E-state index in [1.807, 2.05) is 0 Å². The lowest BCUT2D eigenvalue weighted by atomic mass is 9.98. The molecule has 0 aliphatic carbocycles. The molecule has 0 spiro atoms. The molecule has 0 radical (unpaired) electrons. The van der Waals surface area contributed by atoms with Crippen LogP contribution in [0.3, 0.4) is 0 Å². The number of rotatable bonds is 7. The number of hydrogen-bond donors (Lipinski definition) is 3. The summed E-state index contributed by atoms with van der Waals surface area (Å²) in [6.45, 7) is 1.49. The third-order valence-electron chi connectivity index (χ3n) is 5.83. The van der Waals surface area contributed by atoms with E-state index in [1.165, 1.54) is 13.0 Å². The zero-order valence-electron chi connectivity index (χ0n) is 19.4. The highest BCUT2D eigenvalue weighted by Gasteiger charge is 2.44. The van der Waals surface area contributed by atoms with E-state index < -0.39 is 38.5 Å². The summed E-state index contributed by atoms with van der Waals surface area (Å²) in [7, 11) is -3.81. The number of carboxylic acids is 1. The van der Waals surface area contributed by atoms with Gasteiger partial charge in [0.1, 0.15) is 10.5 Å². The van der Waals surface area contributed by atoms with E-state index in [1.54, 1.807) is 36.4 Å². The van der Waals surface area contributed by atoms with Gasteiger partial charge in [-0.3, -0.25) is 10.1 Å². The number of benzene rings is 2. The molecule has 2 aromatic heterocycles. The summed E-state index contributed by atoms with van der Waals surface area (Å²) in [5.41, 5.74) is 0.812. The van der Waals surface area contributed by atoms with Gasteiger partial charge in [0.25, 0.3) is 5.91 Å². The van der Waals surface area contributed by atoms with E-state index in [9.17, 15) is 27.9 Å². The Kier molecular flexibility index (Phi) is 5.79. The van der Waals surface area contributed by atoms with Crippen LogP contribution in [0.5, 0.6) is 0 Å². The van der Waals surface area contributed by atoms with E-state index >= 15 is 0 Å². The summed E-state index contributed by atoms with van der Waals surface area (Å²) in [4.78, 5) is 39.4. The van der Waals surface area contributed by atoms with Gasteiger partial charge in [-0.1, -0.05) is 18.2 Å². The number of carbonyl (C=O) groups excluding carboxylic acids is 2. The number of amides is 3. The second kappa shape index (κ2) is 8.74. The van der Waals surface area contributed by atoms with Gasteiger partial charge in [-0.15, -0.1) is 21.5 Å². The Balaban J connectivity index is 1.49. The van der Waals surface area contributed by atoms with E-state index in [2.05, 4.69) is 25.8 Å². The fourth-order valence-electron chi connectivity index (χ4n) is 3.99. The van der Waals surface area contributed by atoms with Crippen LogP contribution in [0.4, 0.5) is 4.79 Å². The van der Waals surface area contributed by atoms with Crippen molar-refractivity contribution in [1.29, 1.82) is 0 Å². The van der Waals surface area contributed by atoms with E-state index in [4.69, 9.17) is 4.42 Å². The summed E-state index contributed by atoms with van der Waals surface area (Å²) < 4.78 is 31.9. The first-order chi connectivity index (χ1) is 17.4. The zero-order chi connectivity index (χ0) is 26.5. The second-order valence-electron chi connectivity index (χ2n) is 8.78. The zero-order valence-corrected chi connectivity index (χ0v) is 21.0.